The topological polar surface area (TPSA) is 126 Å². The lowest BCUT2D eigenvalue weighted by atomic mass is 10.2. The van der Waals surface area contributed by atoms with Gasteiger partial charge in [-0.3, -0.25) is 5.41 Å². The van der Waals surface area contributed by atoms with Gasteiger partial charge in [0.15, 0.2) is 5.96 Å². The molecule has 0 spiro atoms. The van der Waals surface area contributed by atoms with Crippen LogP contribution in [0.1, 0.15) is 37.0 Å². The van der Waals surface area contributed by atoms with Gasteiger partial charge in [-0.2, -0.15) is 4.31 Å². The van der Waals surface area contributed by atoms with Gasteiger partial charge in [-0.15, -0.1) is 0 Å². The Kier molecular flexibility index (Phi) is 7.74. The third-order valence-electron chi connectivity index (χ3n) is 4.02. The van der Waals surface area contributed by atoms with Crippen molar-refractivity contribution in [3.8, 4) is 5.75 Å². The molecule has 0 atom stereocenters. The van der Waals surface area contributed by atoms with E-state index in [-0.39, 0.29) is 16.6 Å². The number of carbonyl (C=O) groups is 1. The highest BCUT2D eigenvalue weighted by atomic mass is 32.2. The van der Waals surface area contributed by atoms with E-state index < -0.39 is 16.0 Å². The Hall–Kier alpha value is -2.91. The van der Waals surface area contributed by atoms with E-state index in [1.54, 1.807) is 24.3 Å². The van der Waals surface area contributed by atoms with E-state index in [4.69, 9.17) is 15.9 Å². The maximum absolute atomic E-state index is 12.8. The van der Waals surface area contributed by atoms with Gasteiger partial charge in [0, 0.05) is 18.8 Å². The molecule has 0 saturated carbocycles. The summed E-state index contributed by atoms with van der Waals surface area (Å²) in [5.74, 6) is -0.530. The zero-order valence-electron chi connectivity index (χ0n) is 16.5. The molecular formula is C20H26N4O4S. The van der Waals surface area contributed by atoms with Gasteiger partial charge in [0.05, 0.1) is 10.5 Å². The van der Waals surface area contributed by atoms with E-state index in [1.165, 1.54) is 28.6 Å². The third-order valence-corrected chi connectivity index (χ3v) is 5.93. The Balaban J connectivity index is 2.10. The molecule has 2 aromatic carbocycles. The lowest BCUT2D eigenvalue weighted by Crippen LogP contribution is -2.32. The summed E-state index contributed by atoms with van der Waals surface area (Å²) in [6.07, 6.45) is 1.46. The lowest BCUT2D eigenvalue weighted by Gasteiger charge is -2.21. The number of ether oxygens (including phenoxy) is 1. The smallest absolute Gasteiger partial charge is 0.343 e. The highest BCUT2D eigenvalue weighted by Gasteiger charge is 2.23. The van der Waals surface area contributed by atoms with Crippen molar-refractivity contribution in [2.75, 3.05) is 18.4 Å². The SMILES string of the molecule is CCCN(CCC)S(=O)(=O)c1ccc(OC(=O)c2ccc(NC(=N)N)cc2)cc1. The van der Waals surface area contributed by atoms with Crippen LogP contribution in [0.5, 0.6) is 5.75 Å². The summed E-state index contributed by atoms with van der Waals surface area (Å²) in [5, 5.41) is 9.80. The average molecular weight is 419 g/mol. The average Bonchev–Trinajstić information content (AvgIpc) is 2.68. The standard InChI is InChI=1S/C20H26N4O4S/c1-3-13-24(14-4-2)29(26,27)18-11-9-17(10-12-18)28-19(25)15-5-7-16(8-6-15)23-20(21)22/h5-12H,3-4,13-14H2,1-2H3,(H4,21,22,23). The minimum absolute atomic E-state index is 0.166. The molecule has 0 amide bonds. The van der Waals surface area contributed by atoms with E-state index >= 15 is 0 Å². The minimum atomic E-state index is -3.58. The number of benzene rings is 2. The number of esters is 1. The van der Waals surface area contributed by atoms with Crippen LogP contribution >= 0.6 is 0 Å². The van der Waals surface area contributed by atoms with Crippen LogP contribution in [-0.4, -0.2) is 37.7 Å². The van der Waals surface area contributed by atoms with Crippen molar-refractivity contribution < 1.29 is 17.9 Å². The molecule has 0 heterocycles. The molecular weight excluding hydrogens is 392 g/mol. The number of carbonyl (C=O) groups excluding carboxylic acids is 1. The summed E-state index contributed by atoms with van der Waals surface area (Å²) in [6.45, 7) is 4.79. The molecule has 0 fully saturated rings. The first-order chi connectivity index (χ1) is 13.8. The predicted octanol–water partition coefficient (Wildman–Crippen LogP) is 3.02. The number of anilines is 1. The van der Waals surface area contributed by atoms with Crippen LogP contribution in [-0.2, 0) is 10.0 Å². The molecule has 8 nitrogen and oxygen atoms in total. The van der Waals surface area contributed by atoms with Gasteiger partial charge in [-0.1, -0.05) is 13.8 Å². The molecule has 9 heteroatoms. The fourth-order valence-electron chi connectivity index (χ4n) is 2.69. The molecule has 0 aliphatic heterocycles. The maximum Gasteiger partial charge on any atom is 0.343 e. The fraction of sp³-hybridized carbons (Fsp3) is 0.300. The molecule has 2 rings (SSSR count). The Morgan fingerprint density at radius 3 is 2.07 bits per heavy atom. The number of hydrogen-bond donors (Lipinski definition) is 3. The van der Waals surface area contributed by atoms with E-state index in [9.17, 15) is 13.2 Å². The lowest BCUT2D eigenvalue weighted by molar-refractivity contribution is 0.0734. The van der Waals surface area contributed by atoms with Gasteiger partial charge >= 0.3 is 5.97 Å². The summed E-state index contributed by atoms with van der Waals surface area (Å²) in [7, 11) is -3.58. The first-order valence-corrected chi connectivity index (χ1v) is 10.8. The van der Waals surface area contributed by atoms with Gasteiger partial charge in [0.25, 0.3) is 0 Å². The summed E-state index contributed by atoms with van der Waals surface area (Å²) in [4.78, 5) is 12.4. The Labute approximate surface area is 171 Å². The molecule has 0 bridgehead atoms. The quantitative estimate of drug-likeness (QED) is 0.249. The second kappa shape index (κ2) is 10.0. The van der Waals surface area contributed by atoms with Gasteiger partial charge in [-0.25, -0.2) is 13.2 Å². The third kappa shape index (κ3) is 6.03. The molecule has 0 saturated heterocycles. The highest BCUT2D eigenvalue weighted by molar-refractivity contribution is 7.89. The van der Waals surface area contributed by atoms with E-state index in [0.29, 0.717) is 24.3 Å². The maximum atomic E-state index is 12.8. The van der Waals surface area contributed by atoms with Crippen molar-refractivity contribution in [3.63, 3.8) is 0 Å². The monoisotopic (exact) mass is 418 g/mol. The Morgan fingerprint density at radius 2 is 1.59 bits per heavy atom. The largest absolute Gasteiger partial charge is 0.423 e. The first-order valence-electron chi connectivity index (χ1n) is 9.31. The van der Waals surface area contributed by atoms with Crippen LogP contribution in [0, 0.1) is 5.41 Å². The van der Waals surface area contributed by atoms with E-state index in [2.05, 4.69) is 5.32 Å². The molecule has 156 valence electrons. The van der Waals surface area contributed by atoms with Crippen LogP contribution in [0.2, 0.25) is 0 Å². The minimum Gasteiger partial charge on any atom is -0.423 e. The second-order valence-electron chi connectivity index (χ2n) is 6.38. The normalized spacial score (nSPS) is 11.3. The molecule has 0 radical (unpaired) electrons. The van der Waals surface area contributed by atoms with Crippen LogP contribution in [0.4, 0.5) is 5.69 Å². The van der Waals surface area contributed by atoms with Crippen LogP contribution in [0.3, 0.4) is 0 Å². The zero-order chi connectivity index (χ0) is 21.4. The number of hydrogen-bond acceptors (Lipinski definition) is 5. The number of rotatable bonds is 9. The molecule has 4 N–H and O–H groups in total. The Morgan fingerprint density at radius 1 is 1.03 bits per heavy atom. The van der Waals surface area contributed by atoms with E-state index in [0.717, 1.165) is 12.8 Å². The molecule has 2 aromatic rings. The number of sulfonamides is 1. The summed E-state index contributed by atoms with van der Waals surface area (Å²) in [6, 6.07) is 12.1. The highest BCUT2D eigenvalue weighted by Crippen LogP contribution is 2.21. The van der Waals surface area contributed by atoms with E-state index in [1.807, 2.05) is 13.8 Å². The van der Waals surface area contributed by atoms with Gasteiger partial charge < -0.3 is 15.8 Å². The zero-order valence-corrected chi connectivity index (χ0v) is 17.3. The van der Waals surface area contributed by atoms with Crippen LogP contribution in [0.15, 0.2) is 53.4 Å². The fourth-order valence-corrected chi connectivity index (χ4v) is 4.31. The number of nitrogens with one attached hydrogen (secondary N) is 2. The molecule has 0 aromatic heterocycles. The van der Waals surface area contributed by atoms with Crippen LogP contribution in [0.25, 0.3) is 0 Å². The molecule has 0 unspecified atom stereocenters. The van der Waals surface area contributed by atoms with Crippen molar-refractivity contribution in [1.82, 2.24) is 4.31 Å². The first kappa shape index (κ1) is 22.4. The Bertz CT molecular complexity index is 935. The van der Waals surface area contributed by atoms with Gasteiger partial charge in [0.2, 0.25) is 10.0 Å². The van der Waals surface area contributed by atoms with Crippen molar-refractivity contribution in [3.05, 3.63) is 54.1 Å². The number of guanidine groups is 1. The predicted molar refractivity (Wildman–Crippen MR) is 113 cm³/mol. The van der Waals surface area contributed by atoms with Crippen molar-refractivity contribution in [1.29, 1.82) is 5.41 Å². The van der Waals surface area contributed by atoms with Gasteiger partial charge in [-0.05, 0) is 61.4 Å². The molecule has 0 aliphatic rings. The van der Waals surface area contributed by atoms with Crippen LogP contribution < -0.4 is 15.8 Å². The van der Waals surface area contributed by atoms with Crippen molar-refractivity contribution >= 4 is 27.6 Å². The van der Waals surface area contributed by atoms with Gasteiger partial charge in [0.1, 0.15) is 5.75 Å². The molecule has 29 heavy (non-hydrogen) atoms. The second-order valence-corrected chi connectivity index (χ2v) is 8.32. The number of nitrogens with two attached hydrogens (primary N) is 1. The van der Waals surface area contributed by atoms with Crippen molar-refractivity contribution in [2.45, 2.75) is 31.6 Å². The number of nitrogens with zero attached hydrogens (tertiary/aromatic N) is 1. The summed E-state index contributed by atoms with van der Waals surface area (Å²) < 4.78 is 32.3. The molecule has 0 aliphatic carbocycles. The van der Waals surface area contributed by atoms with Crippen molar-refractivity contribution in [2.24, 2.45) is 5.73 Å². The summed E-state index contributed by atoms with van der Waals surface area (Å²) in [5.41, 5.74) is 6.14. The summed E-state index contributed by atoms with van der Waals surface area (Å²) >= 11 is 0.